The van der Waals surface area contributed by atoms with Gasteiger partial charge in [0.05, 0.1) is 12.0 Å². The van der Waals surface area contributed by atoms with Crippen molar-refractivity contribution in [1.29, 1.82) is 0 Å². The van der Waals surface area contributed by atoms with Gasteiger partial charge in [0.25, 0.3) is 0 Å². The van der Waals surface area contributed by atoms with Crippen LogP contribution in [0.15, 0.2) is 30.3 Å². The molecule has 6 nitrogen and oxygen atoms in total. The quantitative estimate of drug-likeness (QED) is 0.796. The molecule has 3 amide bonds. The van der Waals surface area contributed by atoms with Crippen LogP contribution < -0.4 is 0 Å². The lowest BCUT2D eigenvalue weighted by Crippen LogP contribution is -2.52. The molecular weight excluding hydrogens is 342 g/mol. The van der Waals surface area contributed by atoms with E-state index in [0.717, 1.165) is 12.0 Å². The summed E-state index contributed by atoms with van der Waals surface area (Å²) in [6.45, 7) is 6.79. The third-order valence-corrected chi connectivity index (χ3v) is 5.67. The molecule has 6 heteroatoms. The highest BCUT2D eigenvalue weighted by molar-refractivity contribution is 5.89. The molecule has 1 aromatic carbocycles. The Morgan fingerprint density at radius 1 is 1.07 bits per heavy atom. The molecule has 0 N–H and O–H groups in total. The fourth-order valence-corrected chi connectivity index (χ4v) is 3.99. The maximum Gasteiger partial charge on any atom is 0.228 e. The van der Waals surface area contributed by atoms with Crippen molar-refractivity contribution in [2.75, 3.05) is 32.7 Å². The second-order valence-corrected chi connectivity index (χ2v) is 7.49. The summed E-state index contributed by atoms with van der Waals surface area (Å²) in [6, 6.07) is 9.89. The smallest absolute Gasteiger partial charge is 0.228 e. The van der Waals surface area contributed by atoms with Gasteiger partial charge < -0.3 is 14.7 Å². The van der Waals surface area contributed by atoms with Crippen LogP contribution in [-0.2, 0) is 14.4 Å². The average Bonchev–Trinajstić information content (AvgIpc) is 3.09. The molecule has 2 saturated heterocycles. The van der Waals surface area contributed by atoms with Gasteiger partial charge in [-0.15, -0.1) is 0 Å². The number of hydrogen-bond acceptors (Lipinski definition) is 3. The zero-order valence-corrected chi connectivity index (χ0v) is 16.3. The fraction of sp³-hybridized carbons (Fsp3) is 0.571. The van der Waals surface area contributed by atoms with Crippen molar-refractivity contribution < 1.29 is 14.4 Å². The lowest BCUT2D eigenvalue weighted by Gasteiger charge is -2.36. The van der Waals surface area contributed by atoms with E-state index in [1.165, 1.54) is 0 Å². The van der Waals surface area contributed by atoms with Gasteiger partial charge in [-0.25, -0.2) is 0 Å². The first-order valence-corrected chi connectivity index (χ1v) is 9.92. The molecular formula is C21H29N3O3. The molecule has 0 spiro atoms. The lowest BCUT2D eigenvalue weighted by molar-refractivity contribution is -0.142. The number of amides is 3. The van der Waals surface area contributed by atoms with Crippen LogP contribution in [0.2, 0.25) is 0 Å². The van der Waals surface area contributed by atoms with E-state index in [1.807, 2.05) is 58.9 Å². The van der Waals surface area contributed by atoms with E-state index in [4.69, 9.17) is 0 Å². The van der Waals surface area contributed by atoms with Crippen LogP contribution in [0.5, 0.6) is 0 Å². The molecule has 146 valence electrons. The molecule has 0 bridgehead atoms. The first kappa shape index (κ1) is 19.4. The number of likely N-dealkylation sites (tertiary alicyclic amines) is 1. The molecule has 2 atom stereocenters. The summed E-state index contributed by atoms with van der Waals surface area (Å²) in [4.78, 5) is 42.9. The van der Waals surface area contributed by atoms with E-state index in [0.29, 0.717) is 39.1 Å². The predicted molar refractivity (Wildman–Crippen MR) is 103 cm³/mol. The number of rotatable bonds is 5. The van der Waals surface area contributed by atoms with Crippen LogP contribution >= 0.6 is 0 Å². The van der Waals surface area contributed by atoms with Gasteiger partial charge in [0.2, 0.25) is 17.7 Å². The van der Waals surface area contributed by atoms with Crippen LogP contribution in [-0.4, -0.2) is 65.1 Å². The summed E-state index contributed by atoms with van der Waals surface area (Å²) < 4.78 is 0. The number of piperazine rings is 1. The van der Waals surface area contributed by atoms with E-state index in [1.54, 1.807) is 0 Å². The Labute approximate surface area is 161 Å². The first-order valence-electron chi connectivity index (χ1n) is 9.92. The SMILES string of the molecule is CCCC(=O)N1CCN(C(=O)C2CC(=O)N(C(C)c3ccccc3)C2)CC1. The van der Waals surface area contributed by atoms with Gasteiger partial charge in [-0.1, -0.05) is 37.3 Å². The van der Waals surface area contributed by atoms with Gasteiger partial charge >= 0.3 is 0 Å². The Balaban J connectivity index is 1.56. The summed E-state index contributed by atoms with van der Waals surface area (Å²) >= 11 is 0. The van der Waals surface area contributed by atoms with Crippen molar-refractivity contribution >= 4 is 17.7 Å². The molecule has 1 aromatic rings. The maximum atomic E-state index is 12.9. The molecule has 2 unspecified atom stereocenters. The van der Waals surface area contributed by atoms with Crippen molar-refractivity contribution in [2.24, 2.45) is 5.92 Å². The Kier molecular flexibility index (Phi) is 6.14. The first-order chi connectivity index (χ1) is 13.0. The second-order valence-electron chi connectivity index (χ2n) is 7.49. The highest BCUT2D eigenvalue weighted by atomic mass is 16.2. The number of carbonyl (C=O) groups excluding carboxylic acids is 3. The predicted octanol–water partition coefficient (Wildman–Crippen LogP) is 2.07. The van der Waals surface area contributed by atoms with Gasteiger partial charge in [0, 0.05) is 45.6 Å². The molecule has 0 aliphatic carbocycles. The van der Waals surface area contributed by atoms with Gasteiger partial charge in [0.15, 0.2) is 0 Å². The molecule has 27 heavy (non-hydrogen) atoms. The molecule has 3 rings (SSSR count). The Hall–Kier alpha value is -2.37. The Morgan fingerprint density at radius 2 is 1.70 bits per heavy atom. The highest BCUT2D eigenvalue weighted by Crippen LogP contribution is 2.29. The summed E-state index contributed by atoms with van der Waals surface area (Å²) in [7, 11) is 0. The van der Waals surface area contributed by atoms with Crippen molar-refractivity contribution in [3.63, 3.8) is 0 Å². The zero-order chi connectivity index (χ0) is 19.4. The zero-order valence-electron chi connectivity index (χ0n) is 16.3. The number of benzene rings is 1. The number of nitrogens with zero attached hydrogens (tertiary/aromatic N) is 3. The van der Waals surface area contributed by atoms with E-state index < -0.39 is 0 Å². The van der Waals surface area contributed by atoms with Crippen molar-refractivity contribution in [3.8, 4) is 0 Å². The van der Waals surface area contributed by atoms with Crippen LogP contribution in [0.1, 0.15) is 44.7 Å². The minimum atomic E-state index is -0.276. The van der Waals surface area contributed by atoms with E-state index >= 15 is 0 Å². The van der Waals surface area contributed by atoms with Gasteiger partial charge in [-0.2, -0.15) is 0 Å². The summed E-state index contributed by atoms with van der Waals surface area (Å²) in [5.74, 6) is -0.0137. The topological polar surface area (TPSA) is 60.9 Å². The van der Waals surface area contributed by atoms with Crippen molar-refractivity contribution in [1.82, 2.24) is 14.7 Å². The molecule has 2 fully saturated rings. The summed E-state index contributed by atoms with van der Waals surface area (Å²) in [6.07, 6.45) is 1.69. The molecule has 0 saturated carbocycles. The number of carbonyl (C=O) groups is 3. The summed E-state index contributed by atoms with van der Waals surface area (Å²) in [5.41, 5.74) is 1.09. The van der Waals surface area contributed by atoms with E-state index in [9.17, 15) is 14.4 Å². The van der Waals surface area contributed by atoms with Crippen LogP contribution in [0.4, 0.5) is 0 Å². The minimum Gasteiger partial charge on any atom is -0.339 e. The molecule has 0 aromatic heterocycles. The third kappa shape index (κ3) is 4.31. The van der Waals surface area contributed by atoms with Crippen molar-refractivity contribution in [3.05, 3.63) is 35.9 Å². The van der Waals surface area contributed by atoms with Gasteiger partial charge in [0.1, 0.15) is 0 Å². The Morgan fingerprint density at radius 3 is 2.33 bits per heavy atom. The van der Waals surface area contributed by atoms with Crippen LogP contribution in [0.3, 0.4) is 0 Å². The molecule has 2 heterocycles. The number of hydrogen-bond donors (Lipinski definition) is 0. The Bertz CT molecular complexity index is 683. The molecule has 2 aliphatic rings. The average molecular weight is 371 g/mol. The van der Waals surface area contributed by atoms with Gasteiger partial charge in [-0.3, -0.25) is 14.4 Å². The van der Waals surface area contributed by atoms with E-state index in [-0.39, 0.29) is 36.1 Å². The monoisotopic (exact) mass is 371 g/mol. The lowest BCUT2D eigenvalue weighted by atomic mass is 10.1. The van der Waals surface area contributed by atoms with Crippen LogP contribution in [0.25, 0.3) is 0 Å². The second kappa shape index (κ2) is 8.55. The third-order valence-electron chi connectivity index (χ3n) is 5.67. The van der Waals surface area contributed by atoms with Crippen molar-refractivity contribution in [2.45, 2.75) is 39.2 Å². The normalized spacial score (nSPS) is 21.5. The molecule has 2 aliphatic heterocycles. The fourth-order valence-electron chi connectivity index (χ4n) is 3.99. The molecule has 0 radical (unpaired) electrons. The van der Waals surface area contributed by atoms with E-state index in [2.05, 4.69) is 0 Å². The summed E-state index contributed by atoms with van der Waals surface area (Å²) in [5, 5.41) is 0. The van der Waals surface area contributed by atoms with Crippen LogP contribution in [0, 0.1) is 5.92 Å². The largest absolute Gasteiger partial charge is 0.339 e. The van der Waals surface area contributed by atoms with Gasteiger partial charge in [-0.05, 0) is 18.9 Å². The maximum absolute atomic E-state index is 12.9. The highest BCUT2D eigenvalue weighted by Gasteiger charge is 2.39. The standard InChI is InChI=1S/C21H29N3O3/c1-3-7-19(25)22-10-12-23(13-11-22)21(27)18-14-20(26)24(15-18)16(2)17-8-5-4-6-9-17/h4-6,8-9,16,18H,3,7,10-15H2,1-2H3. The minimum absolute atomic E-state index is 0.0278.